The fourth-order valence-electron chi connectivity index (χ4n) is 1.15. The summed E-state index contributed by atoms with van der Waals surface area (Å²) in [6.07, 6.45) is 3.59. The second-order valence-electron chi connectivity index (χ2n) is 3.41. The van der Waals surface area contributed by atoms with Crippen LogP contribution in [0.25, 0.3) is 0 Å². The van der Waals surface area contributed by atoms with E-state index in [1.165, 1.54) is 6.20 Å². The highest BCUT2D eigenvalue weighted by atomic mass is 16.4. The third-order valence-corrected chi connectivity index (χ3v) is 2.08. The van der Waals surface area contributed by atoms with Crippen LogP contribution in [0.4, 0.5) is 5.82 Å². The zero-order chi connectivity index (χ0) is 10.1. The zero-order valence-corrected chi connectivity index (χ0v) is 7.82. The molecule has 0 amide bonds. The summed E-state index contributed by atoms with van der Waals surface area (Å²) in [5, 5.41) is 11.9. The van der Waals surface area contributed by atoms with E-state index in [1.54, 1.807) is 6.92 Å². The van der Waals surface area contributed by atoms with Crippen LogP contribution >= 0.6 is 0 Å². The first-order valence-corrected chi connectivity index (χ1v) is 4.50. The standard InChI is InChI=1S/C9H11N3O2/c1-5-8(12-6-2-3-6)10-4-7(11-5)9(13)14/h4,6H,2-3H2,1H3,(H,10,12)(H,13,14). The van der Waals surface area contributed by atoms with Crippen molar-refractivity contribution in [3.63, 3.8) is 0 Å². The molecule has 1 aromatic heterocycles. The van der Waals surface area contributed by atoms with Gasteiger partial charge in [-0.3, -0.25) is 0 Å². The van der Waals surface area contributed by atoms with Gasteiger partial charge < -0.3 is 10.4 Å². The average molecular weight is 193 g/mol. The molecule has 0 bridgehead atoms. The number of aryl methyl sites for hydroxylation is 1. The van der Waals surface area contributed by atoms with Gasteiger partial charge in [-0.2, -0.15) is 0 Å². The van der Waals surface area contributed by atoms with E-state index in [2.05, 4.69) is 15.3 Å². The Morgan fingerprint density at radius 2 is 2.36 bits per heavy atom. The predicted molar refractivity (Wildman–Crippen MR) is 50.4 cm³/mol. The molecule has 1 saturated carbocycles. The molecule has 5 nitrogen and oxygen atoms in total. The number of carboxylic acid groups (broad SMARTS) is 1. The summed E-state index contributed by atoms with van der Waals surface area (Å²) in [7, 11) is 0. The number of aromatic nitrogens is 2. The molecule has 5 heteroatoms. The van der Waals surface area contributed by atoms with E-state index in [-0.39, 0.29) is 5.69 Å². The van der Waals surface area contributed by atoms with Crippen molar-refractivity contribution in [3.8, 4) is 0 Å². The van der Waals surface area contributed by atoms with Crippen LogP contribution in [-0.4, -0.2) is 27.1 Å². The third-order valence-electron chi connectivity index (χ3n) is 2.08. The number of anilines is 1. The number of hydrogen-bond donors (Lipinski definition) is 2. The topological polar surface area (TPSA) is 75.1 Å². The van der Waals surface area contributed by atoms with Gasteiger partial charge in [0.15, 0.2) is 5.69 Å². The summed E-state index contributed by atoms with van der Waals surface area (Å²) in [6, 6.07) is 0.499. The molecule has 0 aliphatic heterocycles. The van der Waals surface area contributed by atoms with Gasteiger partial charge in [-0.25, -0.2) is 14.8 Å². The Balaban J connectivity index is 2.21. The van der Waals surface area contributed by atoms with E-state index in [1.807, 2.05) is 0 Å². The molecule has 1 aliphatic rings. The van der Waals surface area contributed by atoms with Crippen LogP contribution in [0.1, 0.15) is 29.0 Å². The average Bonchev–Trinajstić information content (AvgIpc) is 2.92. The molecule has 2 rings (SSSR count). The summed E-state index contributed by atoms with van der Waals surface area (Å²) >= 11 is 0. The summed E-state index contributed by atoms with van der Waals surface area (Å²) in [5.41, 5.74) is 0.626. The maximum Gasteiger partial charge on any atom is 0.356 e. The lowest BCUT2D eigenvalue weighted by molar-refractivity contribution is 0.0690. The molecule has 0 unspecified atom stereocenters. The highest BCUT2D eigenvalue weighted by Gasteiger charge is 2.22. The van der Waals surface area contributed by atoms with E-state index in [0.29, 0.717) is 17.6 Å². The van der Waals surface area contributed by atoms with Crippen LogP contribution in [0.5, 0.6) is 0 Å². The van der Waals surface area contributed by atoms with Crippen molar-refractivity contribution in [2.75, 3.05) is 5.32 Å². The van der Waals surface area contributed by atoms with Crippen LogP contribution in [0, 0.1) is 6.92 Å². The Morgan fingerprint density at radius 1 is 1.64 bits per heavy atom. The summed E-state index contributed by atoms with van der Waals surface area (Å²) in [4.78, 5) is 18.5. The Bertz CT molecular complexity index is 374. The number of aromatic carboxylic acids is 1. The summed E-state index contributed by atoms with van der Waals surface area (Å²) < 4.78 is 0. The minimum absolute atomic E-state index is 0.0103. The van der Waals surface area contributed by atoms with Gasteiger partial charge >= 0.3 is 5.97 Å². The first-order valence-electron chi connectivity index (χ1n) is 4.50. The smallest absolute Gasteiger partial charge is 0.356 e. The molecule has 14 heavy (non-hydrogen) atoms. The molecule has 1 heterocycles. The van der Waals surface area contributed by atoms with Crippen LogP contribution in [-0.2, 0) is 0 Å². The van der Waals surface area contributed by atoms with Crippen molar-refractivity contribution in [1.82, 2.24) is 9.97 Å². The Kier molecular flexibility index (Phi) is 2.07. The lowest BCUT2D eigenvalue weighted by Gasteiger charge is -2.06. The van der Waals surface area contributed by atoms with Crippen LogP contribution in [0.2, 0.25) is 0 Å². The zero-order valence-electron chi connectivity index (χ0n) is 7.82. The first-order chi connectivity index (χ1) is 6.66. The molecule has 1 aliphatic carbocycles. The molecule has 1 fully saturated rings. The normalized spacial score (nSPS) is 15.2. The quantitative estimate of drug-likeness (QED) is 0.750. The van der Waals surface area contributed by atoms with Gasteiger partial charge in [0.05, 0.1) is 11.9 Å². The number of hydrogen-bond acceptors (Lipinski definition) is 4. The van der Waals surface area contributed by atoms with Crippen molar-refractivity contribution >= 4 is 11.8 Å². The second-order valence-corrected chi connectivity index (χ2v) is 3.41. The molecule has 0 atom stereocenters. The van der Waals surface area contributed by atoms with Crippen molar-refractivity contribution in [2.45, 2.75) is 25.8 Å². The van der Waals surface area contributed by atoms with Crippen molar-refractivity contribution in [2.24, 2.45) is 0 Å². The minimum atomic E-state index is -1.04. The van der Waals surface area contributed by atoms with Gasteiger partial charge in [-0.05, 0) is 19.8 Å². The number of rotatable bonds is 3. The van der Waals surface area contributed by atoms with Crippen molar-refractivity contribution < 1.29 is 9.90 Å². The second kappa shape index (κ2) is 3.25. The van der Waals surface area contributed by atoms with Crippen LogP contribution < -0.4 is 5.32 Å². The molecule has 74 valence electrons. The Morgan fingerprint density at radius 3 is 2.86 bits per heavy atom. The maximum atomic E-state index is 10.6. The van der Waals surface area contributed by atoms with E-state index in [9.17, 15) is 4.79 Å². The molecule has 0 saturated heterocycles. The minimum Gasteiger partial charge on any atom is -0.476 e. The highest BCUT2D eigenvalue weighted by molar-refractivity contribution is 5.85. The number of nitrogens with one attached hydrogen (secondary N) is 1. The molecular weight excluding hydrogens is 182 g/mol. The predicted octanol–water partition coefficient (Wildman–Crippen LogP) is 1.06. The fourth-order valence-corrected chi connectivity index (χ4v) is 1.15. The van der Waals surface area contributed by atoms with Gasteiger partial charge in [-0.1, -0.05) is 0 Å². The van der Waals surface area contributed by atoms with Crippen LogP contribution in [0.3, 0.4) is 0 Å². The largest absolute Gasteiger partial charge is 0.476 e. The highest BCUT2D eigenvalue weighted by Crippen LogP contribution is 2.24. The molecule has 0 aromatic carbocycles. The Hall–Kier alpha value is -1.65. The van der Waals surface area contributed by atoms with Crippen molar-refractivity contribution in [1.29, 1.82) is 0 Å². The molecule has 0 radical (unpaired) electrons. The van der Waals surface area contributed by atoms with Gasteiger partial charge in [-0.15, -0.1) is 0 Å². The SMILES string of the molecule is Cc1nc(C(=O)O)cnc1NC1CC1. The lowest BCUT2D eigenvalue weighted by Crippen LogP contribution is -2.09. The van der Waals surface area contributed by atoms with E-state index in [0.717, 1.165) is 12.8 Å². The first kappa shape index (κ1) is 8.93. The van der Waals surface area contributed by atoms with E-state index < -0.39 is 5.97 Å². The fraction of sp³-hybridized carbons (Fsp3) is 0.444. The van der Waals surface area contributed by atoms with Crippen molar-refractivity contribution in [3.05, 3.63) is 17.6 Å². The monoisotopic (exact) mass is 193 g/mol. The number of nitrogens with zero attached hydrogens (tertiary/aromatic N) is 2. The van der Waals surface area contributed by atoms with Crippen LogP contribution in [0.15, 0.2) is 6.20 Å². The summed E-state index contributed by atoms with van der Waals surface area (Å²) in [6.45, 7) is 1.75. The van der Waals surface area contributed by atoms with E-state index in [4.69, 9.17) is 5.11 Å². The molecule has 1 aromatic rings. The lowest BCUT2D eigenvalue weighted by atomic mass is 10.4. The Labute approximate surface area is 81.2 Å². The molecule has 2 N–H and O–H groups in total. The third kappa shape index (κ3) is 1.81. The van der Waals surface area contributed by atoms with Gasteiger partial charge in [0, 0.05) is 6.04 Å². The number of carbonyl (C=O) groups is 1. The molecular formula is C9H11N3O2. The maximum absolute atomic E-state index is 10.6. The van der Waals surface area contributed by atoms with Gasteiger partial charge in [0.25, 0.3) is 0 Å². The summed E-state index contributed by atoms with van der Waals surface area (Å²) in [5.74, 6) is -0.351. The van der Waals surface area contributed by atoms with Gasteiger partial charge in [0.2, 0.25) is 0 Å². The number of carboxylic acids is 1. The molecule has 0 spiro atoms. The van der Waals surface area contributed by atoms with Gasteiger partial charge in [0.1, 0.15) is 5.82 Å². The van der Waals surface area contributed by atoms with E-state index >= 15 is 0 Å².